The van der Waals surface area contributed by atoms with Crippen molar-refractivity contribution in [3.05, 3.63) is 34.5 Å². The molecule has 0 spiro atoms. The highest BCUT2D eigenvalue weighted by Crippen LogP contribution is 2.19. The van der Waals surface area contributed by atoms with Gasteiger partial charge in [0.25, 0.3) is 0 Å². The molecule has 0 saturated heterocycles. The number of nitrogens with zero attached hydrogens (tertiary/aromatic N) is 2. The molecule has 0 fully saturated rings. The highest BCUT2D eigenvalue weighted by atomic mass is 35.5. The molecule has 0 aromatic carbocycles. The number of rotatable bonds is 2. The van der Waals surface area contributed by atoms with Gasteiger partial charge in [-0.15, -0.1) is 4.91 Å². The largest absolute Gasteiger partial charge is 0.261 e. The van der Waals surface area contributed by atoms with Crippen LogP contribution in [0.15, 0.2) is 23.5 Å². The predicted molar refractivity (Wildman–Crippen MR) is 43.4 cm³/mol. The molecular formula is C7H7ClN2O. The van der Waals surface area contributed by atoms with Gasteiger partial charge in [-0.05, 0) is 18.2 Å². The average Bonchev–Trinajstić information content (AvgIpc) is 2.05. The average molecular weight is 171 g/mol. The van der Waals surface area contributed by atoms with Crippen molar-refractivity contribution in [1.29, 1.82) is 0 Å². The molecular weight excluding hydrogens is 164 g/mol. The summed E-state index contributed by atoms with van der Waals surface area (Å²) in [5.41, 5.74) is 0.707. The second-order valence-electron chi connectivity index (χ2n) is 2.17. The minimum Gasteiger partial charge on any atom is -0.261 e. The highest BCUT2D eigenvalue weighted by Gasteiger charge is 2.05. The molecule has 1 aromatic rings. The summed E-state index contributed by atoms with van der Waals surface area (Å²) in [6.45, 7) is 1.86. The summed E-state index contributed by atoms with van der Waals surface area (Å²) >= 11 is 5.52. The monoisotopic (exact) mass is 170 g/mol. The summed E-state index contributed by atoms with van der Waals surface area (Å²) < 4.78 is 0. The molecule has 1 heterocycles. The lowest BCUT2D eigenvalue weighted by atomic mass is 10.2. The number of nitroso groups, excluding NO2 is 1. The molecule has 11 heavy (non-hydrogen) atoms. The van der Waals surface area contributed by atoms with Gasteiger partial charge in [-0.2, -0.15) is 0 Å². The lowest BCUT2D eigenvalue weighted by Gasteiger charge is -1.98. The van der Waals surface area contributed by atoms with Gasteiger partial charge in [0.05, 0.1) is 0 Å². The van der Waals surface area contributed by atoms with E-state index in [9.17, 15) is 4.91 Å². The Balaban J connectivity index is 2.89. The van der Waals surface area contributed by atoms with E-state index >= 15 is 0 Å². The summed E-state index contributed by atoms with van der Waals surface area (Å²) in [6.07, 6.45) is 1.55. The summed E-state index contributed by atoms with van der Waals surface area (Å²) in [5, 5.41) is 2.66. The second kappa shape index (κ2) is 3.44. The maximum atomic E-state index is 9.98. The molecule has 1 aromatic heterocycles. The Morgan fingerprint density at radius 3 is 2.82 bits per heavy atom. The Labute approximate surface area is 69.4 Å². The number of hydrogen-bond donors (Lipinski definition) is 0. The lowest BCUT2D eigenvalue weighted by molar-refractivity contribution is 0.980. The molecule has 58 valence electrons. The van der Waals surface area contributed by atoms with E-state index in [0.717, 1.165) is 5.69 Å². The molecule has 0 saturated carbocycles. The fourth-order valence-electron chi connectivity index (χ4n) is 0.681. The Morgan fingerprint density at radius 1 is 1.64 bits per heavy atom. The Morgan fingerprint density at radius 2 is 2.36 bits per heavy atom. The highest BCUT2D eigenvalue weighted by molar-refractivity contribution is 6.20. The molecule has 0 amide bonds. The second-order valence-corrected chi connectivity index (χ2v) is 2.59. The van der Waals surface area contributed by atoms with Crippen molar-refractivity contribution >= 4 is 11.6 Å². The van der Waals surface area contributed by atoms with E-state index in [2.05, 4.69) is 10.2 Å². The summed E-state index contributed by atoms with van der Waals surface area (Å²) in [5.74, 6) is 0. The van der Waals surface area contributed by atoms with Gasteiger partial charge in [-0.3, -0.25) is 4.98 Å². The zero-order chi connectivity index (χ0) is 8.27. The van der Waals surface area contributed by atoms with Gasteiger partial charge >= 0.3 is 0 Å². The number of alkyl halides is 1. The van der Waals surface area contributed by atoms with E-state index in [1.807, 2.05) is 6.92 Å². The van der Waals surface area contributed by atoms with Crippen molar-refractivity contribution in [3.63, 3.8) is 0 Å². The molecule has 0 N–H and O–H groups in total. The molecule has 0 aliphatic heterocycles. The number of hydrogen-bond acceptors (Lipinski definition) is 3. The van der Waals surface area contributed by atoms with Gasteiger partial charge in [-0.25, -0.2) is 0 Å². The summed E-state index contributed by atoms with van der Waals surface area (Å²) in [7, 11) is 0. The zero-order valence-corrected chi connectivity index (χ0v) is 6.75. The van der Waals surface area contributed by atoms with Crippen LogP contribution in [0.3, 0.4) is 0 Å². The van der Waals surface area contributed by atoms with Crippen molar-refractivity contribution in [1.82, 2.24) is 4.98 Å². The first kappa shape index (κ1) is 8.14. The molecule has 0 aliphatic rings. The van der Waals surface area contributed by atoms with E-state index in [1.165, 1.54) is 0 Å². The topological polar surface area (TPSA) is 42.3 Å². The minimum atomic E-state index is -0.817. The zero-order valence-electron chi connectivity index (χ0n) is 5.99. The van der Waals surface area contributed by atoms with Crippen LogP contribution in [0.4, 0.5) is 0 Å². The van der Waals surface area contributed by atoms with Crippen LogP contribution in [0.25, 0.3) is 0 Å². The van der Waals surface area contributed by atoms with Crippen LogP contribution in [0.5, 0.6) is 0 Å². The van der Waals surface area contributed by atoms with Gasteiger partial charge in [0.15, 0.2) is 5.50 Å². The fourth-order valence-corrected chi connectivity index (χ4v) is 0.810. The van der Waals surface area contributed by atoms with E-state index in [4.69, 9.17) is 11.6 Å². The Hall–Kier alpha value is -0.960. The molecule has 4 heteroatoms. The van der Waals surface area contributed by atoms with Crippen LogP contribution in [0.2, 0.25) is 0 Å². The first-order valence-electron chi connectivity index (χ1n) is 3.13. The van der Waals surface area contributed by atoms with E-state index in [-0.39, 0.29) is 0 Å². The van der Waals surface area contributed by atoms with Crippen LogP contribution in [-0.4, -0.2) is 4.98 Å². The van der Waals surface area contributed by atoms with Gasteiger partial charge in [0.1, 0.15) is 0 Å². The molecule has 0 bridgehead atoms. The normalized spacial score (nSPS) is 12.5. The van der Waals surface area contributed by atoms with Gasteiger partial charge in [0, 0.05) is 17.5 Å². The van der Waals surface area contributed by atoms with Crippen molar-refractivity contribution in [3.8, 4) is 0 Å². The van der Waals surface area contributed by atoms with Crippen LogP contribution < -0.4 is 0 Å². The first-order valence-corrected chi connectivity index (χ1v) is 3.57. The Kier molecular flexibility index (Phi) is 2.54. The number of pyridine rings is 1. The van der Waals surface area contributed by atoms with Gasteiger partial charge < -0.3 is 0 Å². The van der Waals surface area contributed by atoms with Crippen molar-refractivity contribution in [2.45, 2.75) is 12.4 Å². The molecule has 0 aliphatic carbocycles. The molecule has 1 unspecified atom stereocenters. The van der Waals surface area contributed by atoms with Crippen molar-refractivity contribution in [2.75, 3.05) is 0 Å². The van der Waals surface area contributed by atoms with Crippen LogP contribution in [0, 0.1) is 11.8 Å². The fraction of sp³-hybridized carbons (Fsp3) is 0.286. The van der Waals surface area contributed by atoms with Crippen molar-refractivity contribution in [2.24, 2.45) is 5.18 Å². The van der Waals surface area contributed by atoms with Crippen molar-refractivity contribution < 1.29 is 0 Å². The number of halogens is 1. The number of aromatic nitrogens is 1. The predicted octanol–water partition coefficient (Wildman–Crippen LogP) is 2.39. The third-order valence-electron chi connectivity index (χ3n) is 1.30. The third-order valence-corrected chi connectivity index (χ3v) is 1.63. The van der Waals surface area contributed by atoms with Crippen LogP contribution in [0.1, 0.15) is 16.8 Å². The maximum Gasteiger partial charge on any atom is 0.191 e. The van der Waals surface area contributed by atoms with E-state index in [1.54, 1.807) is 18.3 Å². The van der Waals surface area contributed by atoms with Crippen LogP contribution in [-0.2, 0) is 0 Å². The summed E-state index contributed by atoms with van der Waals surface area (Å²) in [6, 6.07) is 3.53. The maximum absolute atomic E-state index is 9.98. The van der Waals surface area contributed by atoms with Gasteiger partial charge in [-0.1, -0.05) is 17.7 Å². The molecule has 0 radical (unpaired) electrons. The SMILES string of the molecule is Cc1ccc(C(Cl)N=O)cn1. The molecule has 1 rings (SSSR count). The number of aryl methyl sites for hydroxylation is 1. The molecule has 1 atom stereocenters. The summed E-state index contributed by atoms with van der Waals surface area (Å²) in [4.78, 5) is 13.9. The molecule has 3 nitrogen and oxygen atoms in total. The smallest absolute Gasteiger partial charge is 0.191 e. The lowest BCUT2D eigenvalue weighted by Crippen LogP contribution is -1.87. The Bertz CT molecular complexity index is 247. The van der Waals surface area contributed by atoms with E-state index < -0.39 is 5.50 Å². The van der Waals surface area contributed by atoms with Crippen LogP contribution >= 0.6 is 11.6 Å². The van der Waals surface area contributed by atoms with E-state index in [0.29, 0.717) is 5.56 Å². The minimum absolute atomic E-state index is 0.632. The first-order chi connectivity index (χ1) is 5.24. The standard InChI is InChI=1S/C7H7ClN2O/c1-5-2-3-6(4-9-5)7(8)10-11/h2-4,7H,1H3. The van der Waals surface area contributed by atoms with Gasteiger partial charge in [0.2, 0.25) is 0 Å². The third kappa shape index (κ3) is 1.98. The quantitative estimate of drug-likeness (QED) is 0.389.